The minimum atomic E-state index is 0.0257. The molecule has 0 atom stereocenters. The average Bonchev–Trinajstić information content (AvgIpc) is 3.27. The molecule has 0 unspecified atom stereocenters. The first-order chi connectivity index (χ1) is 12.4. The van der Waals surface area contributed by atoms with Gasteiger partial charge < -0.3 is 9.13 Å². The van der Waals surface area contributed by atoms with Gasteiger partial charge in [-0.3, -0.25) is 9.59 Å². The van der Waals surface area contributed by atoms with Crippen molar-refractivity contribution in [3.05, 3.63) is 70.8 Å². The molecule has 6 nitrogen and oxygen atoms in total. The summed E-state index contributed by atoms with van der Waals surface area (Å²) in [6.07, 6.45) is 10.1. The fraction of sp³-hybridized carbons (Fsp3) is 0.300. The fourth-order valence-corrected chi connectivity index (χ4v) is 3.40. The molecule has 0 bridgehead atoms. The summed E-state index contributed by atoms with van der Waals surface area (Å²) in [5, 5.41) is 0. The van der Waals surface area contributed by atoms with E-state index in [1.807, 2.05) is 27.7 Å². The van der Waals surface area contributed by atoms with E-state index in [-0.39, 0.29) is 24.7 Å². The maximum atomic E-state index is 12.8. The maximum absolute atomic E-state index is 12.8. The molecule has 0 saturated carbocycles. The van der Waals surface area contributed by atoms with Gasteiger partial charge in [0.25, 0.3) is 0 Å². The quantitative estimate of drug-likeness (QED) is 0.641. The number of ketones is 2. The predicted molar refractivity (Wildman–Crippen MR) is 98.5 cm³/mol. The Bertz CT molecular complexity index is 846. The van der Waals surface area contributed by atoms with E-state index < -0.39 is 0 Å². The van der Waals surface area contributed by atoms with Crippen LogP contribution in [0.1, 0.15) is 43.0 Å². The highest BCUT2D eigenvalue weighted by Gasteiger charge is 2.23. The molecule has 0 fully saturated rings. The highest BCUT2D eigenvalue weighted by Crippen LogP contribution is 2.28. The molecule has 2 heterocycles. The summed E-state index contributed by atoms with van der Waals surface area (Å²) in [7, 11) is 0. The minimum Gasteiger partial charge on any atom is -0.330 e. The van der Waals surface area contributed by atoms with Gasteiger partial charge in [-0.25, -0.2) is 9.97 Å². The second kappa shape index (κ2) is 7.07. The lowest BCUT2D eigenvalue weighted by Gasteiger charge is -2.19. The van der Waals surface area contributed by atoms with Gasteiger partial charge in [0.1, 0.15) is 0 Å². The van der Waals surface area contributed by atoms with Crippen molar-refractivity contribution >= 4 is 11.6 Å². The summed E-state index contributed by atoms with van der Waals surface area (Å²) in [6.45, 7) is 8.13. The van der Waals surface area contributed by atoms with Crippen LogP contribution in [-0.2, 0) is 13.1 Å². The Morgan fingerprint density at radius 1 is 0.731 bits per heavy atom. The standard InChI is InChI=1S/C20H22N4O2/c1-13-14(2)20(18(26)10-24-8-6-22-12-24)16(4)15(3)19(13)17(25)9-23-7-5-21-11-23/h5-8,11-12H,9-10H2,1-4H3. The Morgan fingerprint density at radius 2 is 1.08 bits per heavy atom. The molecule has 1 aromatic carbocycles. The number of rotatable bonds is 6. The van der Waals surface area contributed by atoms with E-state index in [0.717, 1.165) is 22.3 Å². The number of imidazole rings is 2. The van der Waals surface area contributed by atoms with Crippen LogP contribution in [0.2, 0.25) is 0 Å². The van der Waals surface area contributed by atoms with Crippen LogP contribution in [0.4, 0.5) is 0 Å². The first-order valence-electron chi connectivity index (χ1n) is 8.48. The lowest BCUT2D eigenvalue weighted by molar-refractivity contribution is 0.0958. The number of carbonyl (C=O) groups is 2. The molecular formula is C20H22N4O2. The molecule has 6 heteroatoms. The van der Waals surface area contributed by atoms with Crippen LogP contribution >= 0.6 is 0 Å². The Kier molecular flexibility index (Phi) is 4.84. The topological polar surface area (TPSA) is 69.8 Å². The van der Waals surface area contributed by atoms with Crippen molar-refractivity contribution in [2.45, 2.75) is 40.8 Å². The van der Waals surface area contributed by atoms with Crippen LogP contribution in [0.15, 0.2) is 37.4 Å². The van der Waals surface area contributed by atoms with Crippen molar-refractivity contribution < 1.29 is 9.59 Å². The van der Waals surface area contributed by atoms with E-state index in [0.29, 0.717) is 11.1 Å². The molecule has 0 radical (unpaired) electrons. The van der Waals surface area contributed by atoms with Crippen LogP contribution in [0.3, 0.4) is 0 Å². The van der Waals surface area contributed by atoms with Crippen molar-refractivity contribution in [2.24, 2.45) is 0 Å². The molecule has 3 aromatic rings. The fourth-order valence-electron chi connectivity index (χ4n) is 3.40. The molecule has 0 saturated heterocycles. The third kappa shape index (κ3) is 3.22. The number of benzene rings is 1. The summed E-state index contributed by atoms with van der Waals surface area (Å²) in [5.41, 5.74) is 4.87. The molecule has 0 N–H and O–H groups in total. The number of hydrogen-bond donors (Lipinski definition) is 0. The van der Waals surface area contributed by atoms with Gasteiger partial charge in [0, 0.05) is 35.9 Å². The third-order valence-electron chi connectivity index (χ3n) is 4.95. The highest BCUT2D eigenvalue weighted by molar-refractivity contribution is 6.04. The van der Waals surface area contributed by atoms with E-state index in [1.165, 1.54) is 0 Å². The lowest BCUT2D eigenvalue weighted by Crippen LogP contribution is -2.18. The lowest BCUT2D eigenvalue weighted by atomic mass is 9.85. The number of nitrogens with zero attached hydrogens (tertiary/aromatic N) is 4. The molecule has 0 aliphatic heterocycles. The molecule has 134 valence electrons. The van der Waals surface area contributed by atoms with Crippen LogP contribution < -0.4 is 0 Å². The molecule has 0 aliphatic rings. The van der Waals surface area contributed by atoms with E-state index in [2.05, 4.69) is 9.97 Å². The van der Waals surface area contributed by atoms with Crippen molar-refractivity contribution in [1.29, 1.82) is 0 Å². The third-order valence-corrected chi connectivity index (χ3v) is 4.95. The predicted octanol–water partition coefficient (Wildman–Crippen LogP) is 3.08. The minimum absolute atomic E-state index is 0.0257. The van der Waals surface area contributed by atoms with E-state index in [9.17, 15) is 9.59 Å². The second-order valence-electron chi connectivity index (χ2n) is 6.57. The van der Waals surface area contributed by atoms with Gasteiger partial charge in [-0.15, -0.1) is 0 Å². The summed E-state index contributed by atoms with van der Waals surface area (Å²) in [6, 6.07) is 0. The molecule has 0 aliphatic carbocycles. The maximum Gasteiger partial charge on any atom is 0.183 e. The zero-order valence-corrected chi connectivity index (χ0v) is 15.5. The van der Waals surface area contributed by atoms with Crippen LogP contribution in [0.25, 0.3) is 0 Å². The van der Waals surface area contributed by atoms with Gasteiger partial charge >= 0.3 is 0 Å². The molecule has 3 rings (SSSR count). The van der Waals surface area contributed by atoms with E-state index in [1.54, 1.807) is 46.6 Å². The van der Waals surface area contributed by atoms with Crippen LogP contribution in [-0.4, -0.2) is 30.7 Å². The van der Waals surface area contributed by atoms with E-state index >= 15 is 0 Å². The summed E-state index contributed by atoms with van der Waals surface area (Å²) in [4.78, 5) is 33.7. The molecule has 0 spiro atoms. The molecule has 2 aromatic heterocycles. The summed E-state index contributed by atoms with van der Waals surface area (Å²) in [5.74, 6) is 0.0515. The molecular weight excluding hydrogens is 328 g/mol. The zero-order chi connectivity index (χ0) is 18.8. The van der Waals surface area contributed by atoms with Gasteiger partial charge in [-0.05, 0) is 49.9 Å². The smallest absolute Gasteiger partial charge is 0.183 e. The highest BCUT2D eigenvalue weighted by atomic mass is 16.1. The zero-order valence-electron chi connectivity index (χ0n) is 15.5. The Morgan fingerprint density at radius 3 is 1.35 bits per heavy atom. The normalized spacial score (nSPS) is 10.9. The SMILES string of the molecule is Cc1c(C)c(C(=O)Cn2ccnc2)c(C)c(C)c1C(=O)Cn1ccnc1. The van der Waals surface area contributed by atoms with Gasteiger partial charge in [-0.2, -0.15) is 0 Å². The number of hydrogen-bond acceptors (Lipinski definition) is 4. The Labute approximate surface area is 152 Å². The van der Waals surface area contributed by atoms with Crippen molar-refractivity contribution in [2.75, 3.05) is 0 Å². The van der Waals surface area contributed by atoms with E-state index in [4.69, 9.17) is 0 Å². The Hall–Kier alpha value is -3.02. The van der Waals surface area contributed by atoms with Gasteiger partial charge in [-0.1, -0.05) is 0 Å². The van der Waals surface area contributed by atoms with Gasteiger partial charge in [0.05, 0.1) is 25.7 Å². The summed E-state index contributed by atoms with van der Waals surface area (Å²) >= 11 is 0. The first kappa shape index (κ1) is 17.8. The van der Waals surface area contributed by atoms with Gasteiger partial charge in [0.2, 0.25) is 0 Å². The average molecular weight is 350 g/mol. The Balaban J connectivity index is 1.99. The first-order valence-corrected chi connectivity index (χ1v) is 8.48. The molecule has 26 heavy (non-hydrogen) atoms. The van der Waals surface area contributed by atoms with Crippen molar-refractivity contribution in [1.82, 2.24) is 19.1 Å². The van der Waals surface area contributed by atoms with Crippen LogP contribution in [0.5, 0.6) is 0 Å². The summed E-state index contributed by atoms with van der Waals surface area (Å²) < 4.78 is 3.51. The van der Waals surface area contributed by atoms with Gasteiger partial charge in [0.15, 0.2) is 11.6 Å². The number of Topliss-reactive ketones (excluding diaryl/α,β-unsaturated/α-hetero) is 2. The van der Waals surface area contributed by atoms with Crippen molar-refractivity contribution in [3.8, 4) is 0 Å². The van der Waals surface area contributed by atoms with Crippen molar-refractivity contribution in [3.63, 3.8) is 0 Å². The second-order valence-corrected chi connectivity index (χ2v) is 6.57. The molecule has 0 amide bonds. The van der Waals surface area contributed by atoms with Crippen LogP contribution in [0, 0.1) is 27.7 Å². The number of carbonyl (C=O) groups excluding carboxylic acids is 2. The monoisotopic (exact) mass is 350 g/mol. The number of aromatic nitrogens is 4. The largest absolute Gasteiger partial charge is 0.330 e.